The van der Waals surface area contributed by atoms with E-state index in [2.05, 4.69) is 0 Å². The first kappa shape index (κ1) is 17.6. The lowest BCUT2D eigenvalue weighted by atomic mass is 10.1. The highest BCUT2D eigenvalue weighted by Gasteiger charge is 2.38. The van der Waals surface area contributed by atoms with Gasteiger partial charge in [0, 0.05) is 18.2 Å². The van der Waals surface area contributed by atoms with E-state index < -0.39 is 21.7 Å². The molecule has 0 atom stereocenters. The number of amides is 1. The van der Waals surface area contributed by atoms with Crippen molar-refractivity contribution >= 4 is 15.9 Å². The van der Waals surface area contributed by atoms with Gasteiger partial charge in [-0.15, -0.1) is 0 Å². The third-order valence-electron chi connectivity index (χ3n) is 4.27. The minimum absolute atomic E-state index is 0.00634. The van der Waals surface area contributed by atoms with Gasteiger partial charge in [0.15, 0.2) is 0 Å². The molecular weight excluding hydrogens is 343 g/mol. The van der Waals surface area contributed by atoms with Crippen molar-refractivity contribution < 1.29 is 17.6 Å². The van der Waals surface area contributed by atoms with E-state index >= 15 is 0 Å². The number of sulfonamides is 1. The van der Waals surface area contributed by atoms with Gasteiger partial charge < -0.3 is 5.73 Å². The molecule has 2 aromatic carbocycles. The van der Waals surface area contributed by atoms with Crippen molar-refractivity contribution in [1.29, 1.82) is 0 Å². The number of halogens is 1. The Morgan fingerprint density at radius 3 is 2.40 bits per heavy atom. The van der Waals surface area contributed by atoms with Crippen LogP contribution >= 0.6 is 0 Å². The molecule has 1 aliphatic rings. The van der Waals surface area contributed by atoms with Crippen LogP contribution in [0.4, 0.5) is 4.39 Å². The number of hydrogen-bond acceptors (Lipinski definition) is 3. The van der Waals surface area contributed by atoms with Gasteiger partial charge >= 0.3 is 0 Å². The lowest BCUT2D eigenvalue weighted by Crippen LogP contribution is -2.33. The normalized spacial score (nSPS) is 14.7. The summed E-state index contributed by atoms with van der Waals surface area (Å²) in [6.45, 7) is 1.82. The second-order valence-corrected chi connectivity index (χ2v) is 8.11. The largest absolute Gasteiger partial charge is 0.366 e. The zero-order valence-corrected chi connectivity index (χ0v) is 14.6. The van der Waals surface area contributed by atoms with E-state index in [0.29, 0.717) is 11.1 Å². The topological polar surface area (TPSA) is 80.5 Å². The molecule has 0 radical (unpaired) electrons. The summed E-state index contributed by atoms with van der Waals surface area (Å²) < 4.78 is 41.1. The first-order valence-corrected chi connectivity index (χ1v) is 9.40. The molecule has 3 rings (SSSR count). The smallest absolute Gasteiger partial charge is 0.248 e. The van der Waals surface area contributed by atoms with Crippen molar-refractivity contribution in [2.75, 3.05) is 0 Å². The Morgan fingerprint density at radius 1 is 1.20 bits per heavy atom. The van der Waals surface area contributed by atoms with Gasteiger partial charge in [-0.05, 0) is 55.2 Å². The summed E-state index contributed by atoms with van der Waals surface area (Å²) in [5.41, 5.74) is 6.84. The minimum atomic E-state index is -3.81. The van der Waals surface area contributed by atoms with Crippen LogP contribution in [0.15, 0.2) is 47.4 Å². The van der Waals surface area contributed by atoms with Crippen molar-refractivity contribution in [3.8, 4) is 0 Å². The quantitative estimate of drug-likeness (QED) is 0.858. The van der Waals surface area contributed by atoms with Crippen LogP contribution < -0.4 is 5.73 Å². The Balaban J connectivity index is 1.93. The van der Waals surface area contributed by atoms with Crippen LogP contribution in [0.1, 0.15) is 34.3 Å². The maximum absolute atomic E-state index is 13.6. The summed E-state index contributed by atoms with van der Waals surface area (Å²) in [6, 6.07) is 10.2. The van der Waals surface area contributed by atoms with Crippen LogP contribution in [0.2, 0.25) is 0 Å². The first-order chi connectivity index (χ1) is 11.8. The van der Waals surface area contributed by atoms with Gasteiger partial charge in [0.1, 0.15) is 5.82 Å². The fourth-order valence-electron chi connectivity index (χ4n) is 2.71. The van der Waals surface area contributed by atoms with Gasteiger partial charge in [0.2, 0.25) is 15.9 Å². The predicted octanol–water partition coefficient (Wildman–Crippen LogP) is 2.59. The molecule has 2 N–H and O–H groups in total. The van der Waals surface area contributed by atoms with Crippen molar-refractivity contribution in [2.24, 2.45) is 5.73 Å². The molecule has 1 aliphatic carbocycles. The number of carbonyl (C=O) groups is 1. The maximum Gasteiger partial charge on any atom is 0.248 e. The first-order valence-electron chi connectivity index (χ1n) is 7.96. The number of benzene rings is 2. The summed E-state index contributed by atoms with van der Waals surface area (Å²) >= 11 is 0. The van der Waals surface area contributed by atoms with E-state index in [1.165, 1.54) is 16.4 Å². The molecule has 5 nitrogen and oxygen atoms in total. The highest BCUT2D eigenvalue weighted by atomic mass is 32.2. The Kier molecular flexibility index (Phi) is 4.62. The SMILES string of the molecule is Cc1ccc(F)cc1S(=O)(=O)N(Cc1ccc(C(N)=O)cc1)C1CC1. The van der Waals surface area contributed by atoms with Crippen LogP contribution in [0.3, 0.4) is 0 Å². The molecule has 1 amide bonds. The number of nitrogens with two attached hydrogens (primary N) is 1. The molecule has 0 aromatic heterocycles. The van der Waals surface area contributed by atoms with Crippen molar-refractivity contribution in [2.45, 2.75) is 37.2 Å². The Hall–Kier alpha value is -2.25. The van der Waals surface area contributed by atoms with E-state index in [9.17, 15) is 17.6 Å². The van der Waals surface area contributed by atoms with Crippen LogP contribution in [-0.2, 0) is 16.6 Å². The van der Waals surface area contributed by atoms with E-state index in [1.54, 1.807) is 31.2 Å². The van der Waals surface area contributed by atoms with Gasteiger partial charge in [-0.3, -0.25) is 4.79 Å². The lowest BCUT2D eigenvalue weighted by Gasteiger charge is -2.23. The zero-order valence-electron chi connectivity index (χ0n) is 13.8. The Morgan fingerprint density at radius 2 is 1.84 bits per heavy atom. The third-order valence-corrected chi connectivity index (χ3v) is 6.31. The van der Waals surface area contributed by atoms with Crippen LogP contribution in [0.5, 0.6) is 0 Å². The molecule has 0 heterocycles. The highest BCUT2D eigenvalue weighted by Crippen LogP contribution is 2.34. The monoisotopic (exact) mass is 362 g/mol. The number of nitrogens with zero attached hydrogens (tertiary/aromatic N) is 1. The minimum Gasteiger partial charge on any atom is -0.366 e. The van der Waals surface area contributed by atoms with E-state index in [1.807, 2.05) is 0 Å². The maximum atomic E-state index is 13.6. The fraction of sp³-hybridized carbons (Fsp3) is 0.278. The van der Waals surface area contributed by atoms with E-state index in [4.69, 9.17) is 5.73 Å². The number of hydrogen-bond donors (Lipinski definition) is 1. The fourth-order valence-corrected chi connectivity index (χ4v) is 4.62. The van der Waals surface area contributed by atoms with Gasteiger partial charge in [-0.1, -0.05) is 18.2 Å². The molecule has 0 spiro atoms. The average molecular weight is 362 g/mol. The number of primary amides is 1. The second kappa shape index (κ2) is 6.57. The zero-order chi connectivity index (χ0) is 18.2. The van der Waals surface area contributed by atoms with Crippen molar-refractivity contribution in [3.63, 3.8) is 0 Å². The van der Waals surface area contributed by atoms with Crippen LogP contribution in [0.25, 0.3) is 0 Å². The molecule has 1 fully saturated rings. The average Bonchev–Trinajstić information content (AvgIpc) is 3.39. The standard InChI is InChI=1S/C18H19FN2O3S/c1-12-2-7-15(19)10-17(12)25(23,24)21(16-8-9-16)11-13-3-5-14(6-4-13)18(20)22/h2-7,10,16H,8-9,11H2,1H3,(H2,20,22). The lowest BCUT2D eigenvalue weighted by molar-refractivity contribution is 0.1000. The summed E-state index contributed by atoms with van der Waals surface area (Å²) in [7, 11) is -3.81. The summed E-state index contributed by atoms with van der Waals surface area (Å²) in [6.07, 6.45) is 1.57. The van der Waals surface area contributed by atoms with E-state index in [-0.39, 0.29) is 17.5 Å². The number of carbonyl (C=O) groups excluding carboxylic acids is 1. The van der Waals surface area contributed by atoms with Crippen LogP contribution in [-0.4, -0.2) is 24.7 Å². The highest BCUT2D eigenvalue weighted by molar-refractivity contribution is 7.89. The molecule has 2 aromatic rings. The molecule has 0 bridgehead atoms. The van der Waals surface area contributed by atoms with Crippen molar-refractivity contribution in [1.82, 2.24) is 4.31 Å². The molecule has 132 valence electrons. The van der Waals surface area contributed by atoms with Gasteiger partial charge in [-0.2, -0.15) is 4.31 Å². The molecule has 0 aliphatic heterocycles. The second-order valence-electron chi connectivity index (χ2n) is 6.25. The molecule has 0 unspecified atom stereocenters. The number of rotatable bonds is 6. The molecular formula is C18H19FN2O3S. The Labute approximate surface area is 146 Å². The molecule has 1 saturated carbocycles. The van der Waals surface area contributed by atoms with Crippen LogP contribution in [0, 0.1) is 12.7 Å². The molecule has 0 saturated heterocycles. The third kappa shape index (κ3) is 3.72. The van der Waals surface area contributed by atoms with Gasteiger partial charge in [0.25, 0.3) is 0 Å². The summed E-state index contributed by atoms with van der Waals surface area (Å²) in [5, 5.41) is 0. The predicted molar refractivity (Wildman–Crippen MR) is 91.8 cm³/mol. The summed E-state index contributed by atoms with van der Waals surface area (Å²) in [5.74, 6) is -1.11. The van der Waals surface area contributed by atoms with Gasteiger partial charge in [-0.25, -0.2) is 12.8 Å². The molecule has 7 heteroatoms. The van der Waals surface area contributed by atoms with Crippen molar-refractivity contribution in [3.05, 3.63) is 65.0 Å². The molecule has 25 heavy (non-hydrogen) atoms. The number of aryl methyl sites for hydroxylation is 1. The van der Waals surface area contributed by atoms with Gasteiger partial charge in [0.05, 0.1) is 4.90 Å². The van der Waals surface area contributed by atoms with E-state index in [0.717, 1.165) is 24.5 Å². The summed E-state index contributed by atoms with van der Waals surface area (Å²) in [4.78, 5) is 11.1. The Bertz CT molecular complexity index is 906.